The minimum absolute atomic E-state index is 0.103. The molecule has 1 saturated heterocycles. The number of nitrogens with zero attached hydrogens (tertiary/aromatic N) is 2. The topological polar surface area (TPSA) is 40.6 Å². The molecule has 3 rings (SSSR count). The van der Waals surface area contributed by atoms with Crippen molar-refractivity contribution in [3.8, 4) is 0 Å². The van der Waals surface area contributed by atoms with Gasteiger partial charge in [0.2, 0.25) is 5.91 Å². The Bertz CT molecular complexity index is 667. The first-order chi connectivity index (χ1) is 11.5. The zero-order chi connectivity index (χ0) is 17.1. The maximum atomic E-state index is 13.7. The van der Waals surface area contributed by atoms with E-state index in [9.17, 15) is 18.4 Å². The summed E-state index contributed by atoms with van der Waals surface area (Å²) in [6.07, 6.45) is 6.76. The predicted octanol–water partition coefficient (Wildman–Crippen LogP) is 2.61. The number of piperazine rings is 1. The number of rotatable bonds is 3. The smallest absolute Gasteiger partial charge is 0.256 e. The van der Waals surface area contributed by atoms with Crippen LogP contribution in [0, 0.1) is 17.6 Å². The predicted molar refractivity (Wildman–Crippen MR) is 85.3 cm³/mol. The van der Waals surface area contributed by atoms with Crippen molar-refractivity contribution in [3.05, 3.63) is 47.5 Å². The molecule has 2 aliphatic rings. The van der Waals surface area contributed by atoms with E-state index in [1.54, 1.807) is 4.90 Å². The molecule has 1 aromatic carbocycles. The fourth-order valence-electron chi connectivity index (χ4n) is 3.21. The van der Waals surface area contributed by atoms with Gasteiger partial charge in [0, 0.05) is 38.7 Å². The van der Waals surface area contributed by atoms with Crippen LogP contribution in [0.2, 0.25) is 0 Å². The van der Waals surface area contributed by atoms with E-state index in [1.807, 2.05) is 0 Å². The summed E-state index contributed by atoms with van der Waals surface area (Å²) in [6.45, 7) is 1.62. The largest absolute Gasteiger partial charge is 0.339 e. The fourth-order valence-corrected chi connectivity index (χ4v) is 3.21. The fraction of sp³-hybridized carbons (Fsp3) is 0.444. The highest BCUT2D eigenvalue weighted by molar-refractivity contribution is 5.94. The number of hydrogen-bond acceptors (Lipinski definition) is 2. The van der Waals surface area contributed by atoms with Crippen LogP contribution in [0.15, 0.2) is 30.4 Å². The standard InChI is InChI=1S/C18H20F2N2O2/c19-14-5-6-15(16(20)12-14)18(24)22-9-7-21(8-10-22)17(23)11-13-3-1-2-4-13/h1,3,5-6,12-13H,2,4,7-11H2/t13-/m0/s1. The summed E-state index contributed by atoms with van der Waals surface area (Å²) in [5.74, 6) is -1.60. The average Bonchev–Trinajstić information content (AvgIpc) is 3.07. The maximum absolute atomic E-state index is 13.7. The average molecular weight is 334 g/mol. The van der Waals surface area contributed by atoms with Crippen LogP contribution >= 0.6 is 0 Å². The first kappa shape index (κ1) is 16.6. The second kappa shape index (κ2) is 7.11. The van der Waals surface area contributed by atoms with Gasteiger partial charge in [-0.15, -0.1) is 0 Å². The van der Waals surface area contributed by atoms with E-state index < -0.39 is 17.5 Å². The molecule has 0 bridgehead atoms. The first-order valence-electron chi connectivity index (χ1n) is 8.23. The minimum Gasteiger partial charge on any atom is -0.339 e. The summed E-state index contributed by atoms with van der Waals surface area (Å²) in [6, 6.07) is 2.95. The Kier molecular flexibility index (Phi) is 4.92. The number of carbonyl (C=O) groups is 2. The minimum atomic E-state index is -0.855. The van der Waals surface area contributed by atoms with E-state index in [0.29, 0.717) is 44.6 Å². The van der Waals surface area contributed by atoms with Crippen molar-refractivity contribution in [1.82, 2.24) is 9.80 Å². The van der Waals surface area contributed by atoms with Gasteiger partial charge in [-0.1, -0.05) is 12.2 Å². The molecule has 1 atom stereocenters. The molecule has 1 aliphatic heterocycles. The number of allylic oxidation sites excluding steroid dienone is 2. The quantitative estimate of drug-likeness (QED) is 0.797. The Morgan fingerprint density at radius 2 is 1.79 bits per heavy atom. The summed E-state index contributed by atoms with van der Waals surface area (Å²) < 4.78 is 26.7. The molecule has 0 N–H and O–H groups in total. The van der Waals surface area contributed by atoms with Crippen molar-refractivity contribution in [2.75, 3.05) is 26.2 Å². The highest BCUT2D eigenvalue weighted by atomic mass is 19.1. The van der Waals surface area contributed by atoms with Crippen LogP contribution in [0.25, 0.3) is 0 Å². The van der Waals surface area contributed by atoms with E-state index in [-0.39, 0.29) is 11.5 Å². The zero-order valence-corrected chi connectivity index (χ0v) is 13.4. The molecule has 1 fully saturated rings. The Balaban J connectivity index is 1.55. The molecule has 0 saturated carbocycles. The van der Waals surface area contributed by atoms with E-state index >= 15 is 0 Å². The Morgan fingerprint density at radius 3 is 2.42 bits per heavy atom. The lowest BCUT2D eigenvalue weighted by Gasteiger charge is -2.35. The third kappa shape index (κ3) is 3.63. The highest BCUT2D eigenvalue weighted by Gasteiger charge is 2.27. The second-order valence-electron chi connectivity index (χ2n) is 6.27. The normalized spacial score (nSPS) is 20.5. The van der Waals surface area contributed by atoms with Crippen LogP contribution in [-0.4, -0.2) is 47.8 Å². The lowest BCUT2D eigenvalue weighted by Crippen LogP contribution is -2.51. The summed E-state index contributed by atoms with van der Waals surface area (Å²) in [7, 11) is 0. The molecule has 1 heterocycles. The van der Waals surface area contributed by atoms with Gasteiger partial charge in [0.25, 0.3) is 5.91 Å². The van der Waals surface area contributed by atoms with Gasteiger partial charge in [0.15, 0.2) is 0 Å². The van der Waals surface area contributed by atoms with Crippen molar-refractivity contribution in [3.63, 3.8) is 0 Å². The molecule has 0 unspecified atom stereocenters. The van der Waals surface area contributed by atoms with Crippen molar-refractivity contribution < 1.29 is 18.4 Å². The number of carbonyl (C=O) groups excluding carboxylic acids is 2. The first-order valence-corrected chi connectivity index (χ1v) is 8.23. The number of halogens is 2. The van der Waals surface area contributed by atoms with Crippen LogP contribution in [0.3, 0.4) is 0 Å². The van der Waals surface area contributed by atoms with Gasteiger partial charge in [0.1, 0.15) is 11.6 Å². The van der Waals surface area contributed by atoms with Gasteiger partial charge in [-0.3, -0.25) is 9.59 Å². The highest BCUT2D eigenvalue weighted by Crippen LogP contribution is 2.22. The van der Waals surface area contributed by atoms with Gasteiger partial charge in [-0.2, -0.15) is 0 Å². The molecular formula is C18H20F2N2O2. The third-order valence-electron chi connectivity index (χ3n) is 4.63. The molecular weight excluding hydrogens is 314 g/mol. The van der Waals surface area contributed by atoms with E-state index in [2.05, 4.69) is 12.2 Å². The summed E-state index contributed by atoms with van der Waals surface area (Å²) in [5.41, 5.74) is -0.132. The molecule has 1 aliphatic carbocycles. The van der Waals surface area contributed by atoms with Crippen LogP contribution in [0.4, 0.5) is 8.78 Å². The molecule has 128 valence electrons. The number of amides is 2. The Hall–Kier alpha value is -2.24. The van der Waals surface area contributed by atoms with Crippen molar-refractivity contribution in [2.45, 2.75) is 19.3 Å². The monoisotopic (exact) mass is 334 g/mol. The third-order valence-corrected chi connectivity index (χ3v) is 4.63. The lowest BCUT2D eigenvalue weighted by atomic mass is 10.0. The van der Waals surface area contributed by atoms with Crippen molar-refractivity contribution in [1.29, 1.82) is 0 Å². The van der Waals surface area contributed by atoms with Gasteiger partial charge in [0.05, 0.1) is 5.56 Å². The summed E-state index contributed by atoms with van der Waals surface area (Å²) >= 11 is 0. The summed E-state index contributed by atoms with van der Waals surface area (Å²) in [4.78, 5) is 27.9. The molecule has 24 heavy (non-hydrogen) atoms. The molecule has 4 nitrogen and oxygen atoms in total. The van der Waals surface area contributed by atoms with Gasteiger partial charge in [-0.05, 0) is 30.9 Å². The van der Waals surface area contributed by atoms with Crippen LogP contribution in [0.5, 0.6) is 0 Å². The summed E-state index contributed by atoms with van der Waals surface area (Å²) in [5, 5.41) is 0. The van der Waals surface area contributed by atoms with Crippen LogP contribution in [-0.2, 0) is 4.79 Å². The van der Waals surface area contributed by atoms with Crippen LogP contribution in [0.1, 0.15) is 29.6 Å². The molecule has 6 heteroatoms. The van der Waals surface area contributed by atoms with E-state index in [1.165, 1.54) is 4.90 Å². The molecule has 0 aromatic heterocycles. The lowest BCUT2D eigenvalue weighted by molar-refractivity contribution is -0.133. The van der Waals surface area contributed by atoms with Gasteiger partial charge >= 0.3 is 0 Å². The van der Waals surface area contributed by atoms with E-state index in [0.717, 1.165) is 25.0 Å². The number of hydrogen-bond donors (Lipinski definition) is 0. The number of benzene rings is 1. The van der Waals surface area contributed by atoms with Crippen molar-refractivity contribution in [2.24, 2.45) is 5.92 Å². The van der Waals surface area contributed by atoms with Crippen molar-refractivity contribution >= 4 is 11.8 Å². The van der Waals surface area contributed by atoms with Crippen LogP contribution < -0.4 is 0 Å². The SMILES string of the molecule is O=C(C[C@H]1C=CCC1)N1CCN(C(=O)c2ccc(F)cc2F)CC1. The maximum Gasteiger partial charge on any atom is 0.256 e. The molecule has 0 spiro atoms. The Morgan fingerprint density at radius 1 is 1.08 bits per heavy atom. The Labute approximate surface area is 139 Å². The molecule has 0 radical (unpaired) electrons. The van der Waals surface area contributed by atoms with Gasteiger partial charge in [-0.25, -0.2) is 8.78 Å². The van der Waals surface area contributed by atoms with Gasteiger partial charge < -0.3 is 9.80 Å². The second-order valence-corrected chi connectivity index (χ2v) is 6.27. The zero-order valence-electron chi connectivity index (χ0n) is 13.4. The molecule has 1 aromatic rings. The molecule has 2 amide bonds. The van der Waals surface area contributed by atoms with E-state index in [4.69, 9.17) is 0 Å².